The van der Waals surface area contributed by atoms with Crippen molar-refractivity contribution in [2.75, 3.05) is 37.4 Å². The van der Waals surface area contributed by atoms with Gasteiger partial charge in [0.2, 0.25) is 0 Å². The number of anilines is 2. The summed E-state index contributed by atoms with van der Waals surface area (Å²) in [7, 11) is 1.36. The van der Waals surface area contributed by atoms with Gasteiger partial charge in [-0.05, 0) is 38.4 Å². The highest BCUT2D eigenvalue weighted by molar-refractivity contribution is 5.88. The average Bonchev–Trinajstić information content (AvgIpc) is 2.93. The summed E-state index contributed by atoms with van der Waals surface area (Å²) < 4.78 is 4.75. The van der Waals surface area contributed by atoms with Crippen LogP contribution in [-0.2, 0) is 4.74 Å². The SMILES string of the molecule is COC(=O)c1ccc(N)c(N2CC3CCCN3CC2C)n1. The second-order valence-corrected chi connectivity index (χ2v) is 5.89. The van der Waals surface area contributed by atoms with Crippen molar-refractivity contribution >= 4 is 17.5 Å². The van der Waals surface area contributed by atoms with E-state index in [2.05, 4.69) is 21.7 Å². The molecule has 2 saturated heterocycles. The van der Waals surface area contributed by atoms with E-state index in [-0.39, 0.29) is 0 Å². The molecule has 2 unspecified atom stereocenters. The number of nitrogens with two attached hydrogens (primary N) is 1. The molecule has 2 aliphatic rings. The molecule has 2 N–H and O–H groups in total. The normalized spacial score (nSPS) is 25.7. The van der Waals surface area contributed by atoms with Gasteiger partial charge in [0.15, 0.2) is 11.5 Å². The maximum Gasteiger partial charge on any atom is 0.356 e. The molecule has 2 aliphatic heterocycles. The molecule has 1 aromatic rings. The van der Waals surface area contributed by atoms with Gasteiger partial charge in [-0.3, -0.25) is 4.90 Å². The molecule has 1 aromatic heterocycles. The molecule has 21 heavy (non-hydrogen) atoms. The number of esters is 1. The monoisotopic (exact) mass is 290 g/mol. The predicted octanol–water partition coefficient (Wildman–Crippen LogP) is 1.12. The van der Waals surface area contributed by atoms with Crippen molar-refractivity contribution in [3.63, 3.8) is 0 Å². The van der Waals surface area contributed by atoms with Crippen molar-refractivity contribution in [1.82, 2.24) is 9.88 Å². The van der Waals surface area contributed by atoms with Crippen LogP contribution in [0.25, 0.3) is 0 Å². The second-order valence-electron chi connectivity index (χ2n) is 5.89. The lowest BCUT2D eigenvalue weighted by Crippen LogP contribution is -2.55. The maximum atomic E-state index is 11.7. The van der Waals surface area contributed by atoms with Crippen molar-refractivity contribution in [3.8, 4) is 0 Å². The molecular formula is C15H22N4O2. The summed E-state index contributed by atoms with van der Waals surface area (Å²) in [6.45, 7) is 5.31. The van der Waals surface area contributed by atoms with Gasteiger partial charge in [-0.25, -0.2) is 9.78 Å². The number of carbonyl (C=O) groups is 1. The number of methoxy groups -OCH3 is 1. The Morgan fingerprint density at radius 2 is 2.24 bits per heavy atom. The van der Waals surface area contributed by atoms with E-state index in [1.807, 2.05) is 0 Å². The Labute approximate surface area is 124 Å². The number of pyridine rings is 1. The summed E-state index contributed by atoms with van der Waals surface area (Å²) in [5.74, 6) is 0.278. The van der Waals surface area contributed by atoms with E-state index in [0.717, 1.165) is 13.1 Å². The number of rotatable bonds is 2. The van der Waals surface area contributed by atoms with E-state index < -0.39 is 5.97 Å². The lowest BCUT2D eigenvalue weighted by Gasteiger charge is -2.43. The van der Waals surface area contributed by atoms with E-state index in [1.54, 1.807) is 12.1 Å². The van der Waals surface area contributed by atoms with Crippen LogP contribution in [0.4, 0.5) is 11.5 Å². The molecule has 0 aliphatic carbocycles. The summed E-state index contributed by atoms with van der Waals surface area (Å²) in [5, 5.41) is 0. The number of carbonyl (C=O) groups excluding carboxylic acids is 1. The lowest BCUT2D eigenvalue weighted by atomic mass is 10.1. The standard InChI is InChI=1S/C15H22N4O2/c1-10-8-18-7-3-4-11(18)9-19(10)14-12(16)5-6-13(17-14)15(20)21-2/h5-6,10-11H,3-4,7-9,16H2,1-2H3. The minimum absolute atomic E-state index is 0.308. The summed E-state index contributed by atoms with van der Waals surface area (Å²) in [6.07, 6.45) is 2.48. The third-order valence-electron chi connectivity index (χ3n) is 4.51. The summed E-state index contributed by atoms with van der Waals surface area (Å²) in [6, 6.07) is 4.26. The van der Waals surface area contributed by atoms with Gasteiger partial charge >= 0.3 is 5.97 Å². The van der Waals surface area contributed by atoms with Gasteiger partial charge in [0.1, 0.15) is 0 Å². The number of nitrogen functional groups attached to an aromatic ring is 1. The van der Waals surface area contributed by atoms with Gasteiger partial charge in [-0.15, -0.1) is 0 Å². The fourth-order valence-corrected chi connectivity index (χ4v) is 3.39. The first-order valence-electron chi connectivity index (χ1n) is 7.45. The molecule has 0 bridgehead atoms. The van der Waals surface area contributed by atoms with Crippen molar-refractivity contribution in [2.45, 2.75) is 31.8 Å². The first-order chi connectivity index (χ1) is 10.1. The Hall–Kier alpha value is -1.82. The van der Waals surface area contributed by atoms with Gasteiger partial charge in [-0.1, -0.05) is 0 Å². The van der Waals surface area contributed by atoms with E-state index in [4.69, 9.17) is 10.5 Å². The van der Waals surface area contributed by atoms with Crippen molar-refractivity contribution in [3.05, 3.63) is 17.8 Å². The molecule has 0 radical (unpaired) electrons. The number of fused-ring (bicyclic) bond motifs is 1. The molecule has 0 amide bonds. The van der Waals surface area contributed by atoms with E-state index >= 15 is 0 Å². The summed E-state index contributed by atoms with van der Waals surface area (Å²) in [4.78, 5) is 20.9. The number of piperazine rings is 1. The van der Waals surface area contributed by atoms with Crippen LogP contribution >= 0.6 is 0 Å². The number of aromatic nitrogens is 1. The molecule has 0 aromatic carbocycles. The molecular weight excluding hydrogens is 268 g/mol. The zero-order chi connectivity index (χ0) is 15.0. The van der Waals surface area contributed by atoms with Crippen molar-refractivity contribution < 1.29 is 9.53 Å². The van der Waals surface area contributed by atoms with Crippen LogP contribution in [0.5, 0.6) is 0 Å². The number of hydrogen-bond acceptors (Lipinski definition) is 6. The van der Waals surface area contributed by atoms with Crippen molar-refractivity contribution in [2.24, 2.45) is 0 Å². The van der Waals surface area contributed by atoms with E-state index in [0.29, 0.717) is 29.3 Å². The Balaban J connectivity index is 1.89. The first kappa shape index (κ1) is 14.1. The Morgan fingerprint density at radius 3 is 3.00 bits per heavy atom. The zero-order valence-corrected chi connectivity index (χ0v) is 12.6. The molecule has 3 rings (SSSR count). The maximum absolute atomic E-state index is 11.7. The molecule has 3 heterocycles. The van der Waals surface area contributed by atoms with E-state index in [9.17, 15) is 4.79 Å². The molecule has 2 fully saturated rings. The molecule has 6 nitrogen and oxygen atoms in total. The van der Waals surface area contributed by atoms with Gasteiger partial charge in [-0.2, -0.15) is 0 Å². The van der Waals surface area contributed by atoms with Gasteiger partial charge in [0, 0.05) is 25.2 Å². The van der Waals surface area contributed by atoms with Crippen LogP contribution in [0.1, 0.15) is 30.3 Å². The largest absolute Gasteiger partial charge is 0.464 e. The molecule has 6 heteroatoms. The number of nitrogens with zero attached hydrogens (tertiary/aromatic N) is 3. The fraction of sp³-hybridized carbons (Fsp3) is 0.600. The minimum Gasteiger partial charge on any atom is -0.464 e. The number of ether oxygens (including phenoxy) is 1. The highest BCUT2D eigenvalue weighted by Crippen LogP contribution is 2.30. The predicted molar refractivity (Wildman–Crippen MR) is 81.4 cm³/mol. The molecule has 114 valence electrons. The molecule has 0 saturated carbocycles. The van der Waals surface area contributed by atoms with Crippen molar-refractivity contribution in [1.29, 1.82) is 0 Å². The Kier molecular flexibility index (Phi) is 3.71. The van der Waals surface area contributed by atoms with E-state index in [1.165, 1.54) is 26.5 Å². The Bertz CT molecular complexity index is 548. The third-order valence-corrected chi connectivity index (χ3v) is 4.51. The molecule has 0 spiro atoms. The topological polar surface area (TPSA) is 71.7 Å². The highest BCUT2D eigenvalue weighted by Gasteiger charge is 2.35. The van der Waals surface area contributed by atoms with Crippen LogP contribution < -0.4 is 10.6 Å². The lowest BCUT2D eigenvalue weighted by molar-refractivity contribution is 0.0594. The smallest absolute Gasteiger partial charge is 0.356 e. The zero-order valence-electron chi connectivity index (χ0n) is 12.6. The molecule has 2 atom stereocenters. The Morgan fingerprint density at radius 1 is 1.43 bits per heavy atom. The second kappa shape index (κ2) is 5.52. The first-order valence-corrected chi connectivity index (χ1v) is 7.45. The number of hydrogen-bond donors (Lipinski definition) is 1. The van der Waals surface area contributed by atoms with Gasteiger partial charge in [0.25, 0.3) is 0 Å². The fourth-order valence-electron chi connectivity index (χ4n) is 3.39. The van der Waals surface area contributed by atoms with Crippen LogP contribution in [0.3, 0.4) is 0 Å². The quantitative estimate of drug-likeness (QED) is 0.823. The average molecular weight is 290 g/mol. The van der Waals surface area contributed by atoms with Crippen LogP contribution in [0.2, 0.25) is 0 Å². The third kappa shape index (κ3) is 2.55. The van der Waals surface area contributed by atoms with Crippen LogP contribution in [0.15, 0.2) is 12.1 Å². The van der Waals surface area contributed by atoms with Gasteiger partial charge < -0.3 is 15.4 Å². The minimum atomic E-state index is -0.427. The van der Waals surface area contributed by atoms with Crippen LogP contribution in [0, 0.1) is 0 Å². The van der Waals surface area contributed by atoms with Crippen LogP contribution in [-0.4, -0.2) is 54.7 Å². The van der Waals surface area contributed by atoms with Gasteiger partial charge in [0.05, 0.1) is 12.8 Å². The highest BCUT2D eigenvalue weighted by atomic mass is 16.5. The summed E-state index contributed by atoms with van der Waals surface area (Å²) in [5.41, 5.74) is 7.01. The summed E-state index contributed by atoms with van der Waals surface area (Å²) >= 11 is 0.